The molecule has 1 heterocycles. The van der Waals surface area contributed by atoms with Gasteiger partial charge in [0.25, 0.3) is 5.91 Å². The molecule has 1 amide bonds. The average molecular weight is 547 g/mol. The maximum Gasteiger partial charge on any atom is 0.262 e. The minimum absolute atomic E-state index is 0.0663. The van der Waals surface area contributed by atoms with E-state index >= 15 is 0 Å². The van der Waals surface area contributed by atoms with Gasteiger partial charge in [0.2, 0.25) is 0 Å². The standard InChI is InChI=1S/C32H35FN2O3S/c1-3-37-29-19-23(16-17-28(29)38-21-24-11-9-12-25(33)18-24)20-30-31(36)35(27-15-8-7-10-22(27)2)32(39-30)34-26-13-5-4-6-14-26/h4-6,9,11-14,16-20,22,27,32,34H,3,7-8,10,15,21H2,1-2H3/b30-20-/t22-,27-,32?/m1/s1. The molecule has 2 fully saturated rings. The Hall–Kier alpha value is -3.45. The van der Waals surface area contributed by atoms with Gasteiger partial charge in [0.1, 0.15) is 12.4 Å². The lowest BCUT2D eigenvalue weighted by Crippen LogP contribution is -2.48. The number of rotatable bonds is 9. The number of para-hydroxylation sites is 1. The lowest BCUT2D eigenvalue weighted by molar-refractivity contribution is -0.129. The van der Waals surface area contributed by atoms with Gasteiger partial charge in [-0.3, -0.25) is 4.79 Å². The molecule has 1 N–H and O–H groups in total. The van der Waals surface area contributed by atoms with Gasteiger partial charge in [-0.1, -0.05) is 67.9 Å². The zero-order chi connectivity index (χ0) is 27.2. The van der Waals surface area contributed by atoms with Crippen molar-refractivity contribution in [3.8, 4) is 11.5 Å². The van der Waals surface area contributed by atoms with Gasteiger partial charge in [0, 0.05) is 11.7 Å². The molecule has 5 nitrogen and oxygen atoms in total. The fraction of sp³-hybridized carbons (Fsp3) is 0.344. The zero-order valence-electron chi connectivity index (χ0n) is 22.4. The van der Waals surface area contributed by atoms with E-state index in [1.165, 1.54) is 18.6 Å². The van der Waals surface area contributed by atoms with E-state index in [0.29, 0.717) is 28.9 Å². The third kappa shape index (κ3) is 6.59. The maximum absolute atomic E-state index is 13.8. The summed E-state index contributed by atoms with van der Waals surface area (Å²) >= 11 is 1.56. The highest BCUT2D eigenvalue weighted by Crippen LogP contribution is 2.42. The number of anilines is 1. The average Bonchev–Trinajstić information content (AvgIpc) is 3.23. The monoisotopic (exact) mass is 546 g/mol. The Morgan fingerprint density at radius 1 is 1.00 bits per heavy atom. The topological polar surface area (TPSA) is 50.8 Å². The van der Waals surface area contributed by atoms with Crippen LogP contribution in [0.2, 0.25) is 0 Å². The number of nitrogens with one attached hydrogen (secondary N) is 1. The van der Waals surface area contributed by atoms with Crippen LogP contribution in [0.15, 0.2) is 77.7 Å². The van der Waals surface area contributed by atoms with Crippen molar-refractivity contribution < 1.29 is 18.7 Å². The summed E-state index contributed by atoms with van der Waals surface area (Å²) in [5.74, 6) is 1.40. The predicted octanol–water partition coefficient (Wildman–Crippen LogP) is 7.69. The first-order chi connectivity index (χ1) is 19.0. The van der Waals surface area contributed by atoms with Crippen LogP contribution in [0.25, 0.3) is 6.08 Å². The van der Waals surface area contributed by atoms with Crippen LogP contribution in [0.4, 0.5) is 10.1 Å². The third-order valence-corrected chi connectivity index (χ3v) is 8.39. The van der Waals surface area contributed by atoms with E-state index in [1.54, 1.807) is 17.8 Å². The molecular weight excluding hydrogens is 511 g/mol. The van der Waals surface area contributed by atoms with Crippen LogP contribution < -0.4 is 14.8 Å². The number of benzene rings is 3. The Kier molecular flexibility index (Phi) is 8.77. The Morgan fingerprint density at radius 2 is 1.82 bits per heavy atom. The second-order valence-corrected chi connectivity index (χ2v) is 11.2. The fourth-order valence-electron chi connectivity index (χ4n) is 5.31. The lowest BCUT2D eigenvalue weighted by Gasteiger charge is -2.39. The summed E-state index contributed by atoms with van der Waals surface area (Å²) in [4.78, 5) is 16.6. The minimum Gasteiger partial charge on any atom is -0.490 e. The number of nitrogens with zero attached hydrogens (tertiary/aromatic N) is 1. The molecule has 5 rings (SSSR count). The van der Waals surface area contributed by atoms with Crippen LogP contribution in [0.5, 0.6) is 11.5 Å². The Balaban J connectivity index is 1.39. The first-order valence-corrected chi connectivity index (χ1v) is 14.6. The molecule has 204 valence electrons. The number of amides is 1. The van der Waals surface area contributed by atoms with Gasteiger partial charge in [-0.15, -0.1) is 0 Å². The van der Waals surface area contributed by atoms with E-state index in [-0.39, 0.29) is 29.9 Å². The highest BCUT2D eigenvalue weighted by atomic mass is 32.2. The zero-order valence-corrected chi connectivity index (χ0v) is 23.3. The second-order valence-electron chi connectivity index (χ2n) is 10.1. The van der Waals surface area contributed by atoms with Crippen molar-refractivity contribution in [2.24, 2.45) is 5.92 Å². The summed E-state index contributed by atoms with van der Waals surface area (Å²) in [6.45, 7) is 4.88. The number of carbonyl (C=O) groups excluding carboxylic acids is 1. The summed E-state index contributed by atoms with van der Waals surface area (Å²) in [6.07, 6.45) is 6.49. The minimum atomic E-state index is -0.293. The molecule has 3 aromatic rings. The first-order valence-electron chi connectivity index (χ1n) is 13.7. The SMILES string of the molecule is CCOc1cc(/C=C2\SC(Nc3ccccc3)N([C@@H]3CCCC[C@H]3C)C2=O)ccc1OCc1cccc(F)c1. The number of thioether (sulfide) groups is 1. The molecule has 1 aliphatic heterocycles. The van der Waals surface area contributed by atoms with Crippen molar-refractivity contribution in [1.82, 2.24) is 4.90 Å². The molecule has 0 spiro atoms. The van der Waals surface area contributed by atoms with Gasteiger partial charge >= 0.3 is 0 Å². The van der Waals surface area contributed by atoms with Crippen molar-refractivity contribution >= 4 is 29.4 Å². The normalized spacial score (nSPS) is 22.2. The van der Waals surface area contributed by atoms with Crippen molar-refractivity contribution in [3.63, 3.8) is 0 Å². The second kappa shape index (κ2) is 12.6. The predicted molar refractivity (Wildman–Crippen MR) is 156 cm³/mol. The van der Waals surface area contributed by atoms with Gasteiger partial charge in [0.15, 0.2) is 17.0 Å². The molecule has 3 aromatic carbocycles. The highest BCUT2D eigenvalue weighted by Gasteiger charge is 2.42. The molecular formula is C32H35FN2O3S. The van der Waals surface area contributed by atoms with Crippen molar-refractivity contribution in [2.45, 2.75) is 57.7 Å². The summed E-state index contributed by atoms with van der Waals surface area (Å²) in [7, 11) is 0. The molecule has 0 aromatic heterocycles. The molecule has 0 radical (unpaired) electrons. The van der Waals surface area contributed by atoms with Crippen molar-refractivity contribution in [1.29, 1.82) is 0 Å². The van der Waals surface area contributed by atoms with Crippen LogP contribution >= 0.6 is 11.8 Å². The number of ether oxygens (including phenoxy) is 2. The van der Waals surface area contributed by atoms with Crippen LogP contribution in [-0.2, 0) is 11.4 Å². The van der Waals surface area contributed by atoms with Gasteiger partial charge in [0.05, 0.1) is 11.5 Å². The molecule has 1 saturated heterocycles. The quantitative estimate of drug-likeness (QED) is 0.279. The summed E-state index contributed by atoms with van der Waals surface area (Å²) in [5.41, 5.74) is 2.43. The molecule has 1 unspecified atom stereocenters. The number of carbonyl (C=O) groups is 1. The molecule has 1 saturated carbocycles. The molecule has 0 bridgehead atoms. The number of hydrogen-bond acceptors (Lipinski definition) is 5. The van der Waals surface area contributed by atoms with Gasteiger partial charge < -0.3 is 19.7 Å². The lowest BCUT2D eigenvalue weighted by atomic mass is 9.85. The largest absolute Gasteiger partial charge is 0.490 e. The van der Waals surface area contributed by atoms with Crippen LogP contribution in [0.1, 0.15) is 50.7 Å². The Labute approximate surface area is 234 Å². The maximum atomic E-state index is 13.8. The van der Waals surface area contributed by atoms with Gasteiger partial charge in [-0.2, -0.15) is 0 Å². The summed E-state index contributed by atoms with van der Waals surface area (Å²) in [6, 6.07) is 22.3. The van der Waals surface area contributed by atoms with Crippen LogP contribution in [0, 0.1) is 11.7 Å². The third-order valence-electron chi connectivity index (χ3n) is 7.27. The number of hydrogen-bond donors (Lipinski definition) is 1. The van der Waals surface area contributed by atoms with E-state index in [2.05, 4.69) is 17.1 Å². The first kappa shape index (κ1) is 27.1. The van der Waals surface area contributed by atoms with E-state index < -0.39 is 0 Å². The van der Waals surface area contributed by atoms with Gasteiger partial charge in [-0.25, -0.2) is 4.39 Å². The van der Waals surface area contributed by atoms with Crippen LogP contribution in [-0.4, -0.2) is 29.0 Å². The smallest absolute Gasteiger partial charge is 0.262 e. The summed E-state index contributed by atoms with van der Waals surface area (Å²) < 4.78 is 25.4. The van der Waals surface area contributed by atoms with Crippen LogP contribution in [0.3, 0.4) is 0 Å². The Bertz CT molecular complexity index is 1320. The highest BCUT2D eigenvalue weighted by molar-refractivity contribution is 8.05. The molecule has 3 atom stereocenters. The Morgan fingerprint density at radius 3 is 2.59 bits per heavy atom. The van der Waals surface area contributed by atoms with E-state index in [1.807, 2.05) is 67.6 Å². The molecule has 2 aliphatic rings. The fourth-order valence-corrected chi connectivity index (χ4v) is 6.52. The van der Waals surface area contributed by atoms with E-state index in [0.717, 1.165) is 36.1 Å². The van der Waals surface area contributed by atoms with E-state index in [4.69, 9.17) is 9.47 Å². The van der Waals surface area contributed by atoms with Crippen molar-refractivity contribution in [2.75, 3.05) is 11.9 Å². The molecule has 7 heteroatoms. The number of halogens is 1. The molecule has 39 heavy (non-hydrogen) atoms. The van der Waals surface area contributed by atoms with Crippen molar-refractivity contribution in [3.05, 3.63) is 94.6 Å². The summed E-state index contributed by atoms with van der Waals surface area (Å²) in [5, 5.41) is 3.59. The van der Waals surface area contributed by atoms with E-state index in [9.17, 15) is 9.18 Å². The molecule has 1 aliphatic carbocycles. The van der Waals surface area contributed by atoms with Gasteiger partial charge in [-0.05, 0) is 79.3 Å².